The van der Waals surface area contributed by atoms with E-state index >= 15 is 0 Å². The van der Waals surface area contributed by atoms with E-state index in [-0.39, 0.29) is 0 Å². The molecule has 0 heterocycles. The zero-order chi connectivity index (χ0) is 6.95. The minimum atomic E-state index is 0.701. The fourth-order valence-corrected chi connectivity index (χ4v) is 0.591. The average Bonchev–Trinajstić information content (AvgIpc) is 1.89. The Morgan fingerprint density at radius 3 is 2.56 bits per heavy atom. The van der Waals surface area contributed by atoms with E-state index in [1.165, 1.54) is 0 Å². The van der Waals surface area contributed by atoms with E-state index in [4.69, 9.17) is 18.0 Å². The molecule has 0 atom stereocenters. The molecule has 0 saturated carbocycles. The molecule has 0 N–H and O–H groups in total. The number of terminal acetylenes is 1. The van der Waals surface area contributed by atoms with Crippen molar-refractivity contribution >= 4 is 11.6 Å². The van der Waals surface area contributed by atoms with Gasteiger partial charge in [-0.05, 0) is 12.8 Å². The number of rotatable bonds is 4. The molecule has 0 aliphatic carbocycles. The number of unbranched alkanes of at least 4 members (excludes halogenated alkanes) is 1. The first-order valence-electron chi connectivity index (χ1n) is 3.06. The van der Waals surface area contributed by atoms with Crippen molar-refractivity contribution in [3.8, 4) is 12.3 Å². The number of halogens is 1. The molecule has 0 fully saturated rings. The summed E-state index contributed by atoms with van der Waals surface area (Å²) in [6, 6.07) is 0. The van der Waals surface area contributed by atoms with Crippen molar-refractivity contribution in [2.75, 3.05) is 5.88 Å². The average molecular weight is 143 g/mol. The van der Waals surface area contributed by atoms with E-state index in [0.29, 0.717) is 5.88 Å². The van der Waals surface area contributed by atoms with Crippen LogP contribution in [-0.4, -0.2) is 5.88 Å². The first-order chi connectivity index (χ1) is 4.41. The molecule has 9 heavy (non-hydrogen) atoms. The second kappa shape index (κ2) is 7.59. The molecule has 0 spiro atoms. The third kappa shape index (κ3) is 7.59. The minimum Gasteiger partial charge on any atom is -0.126 e. The van der Waals surface area contributed by atoms with Gasteiger partial charge in [-0.15, -0.1) is 23.9 Å². The topological polar surface area (TPSA) is 0 Å². The van der Waals surface area contributed by atoms with Crippen molar-refractivity contribution < 1.29 is 0 Å². The van der Waals surface area contributed by atoms with Crippen LogP contribution in [0.15, 0.2) is 12.2 Å². The Balaban J connectivity index is 2.97. The standard InChI is InChI=1S/C8H11Cl/c1-2-3-4-5-6-7-8-9/h1,5-6H,3-4,7-8H2. The third-order valence-electron chi connectivity index (χ3n) is 0.898. The SMILES string of the molecule is C#CCCC=CCCCl. The van der Waals surface area contributed by atoms with Crippen molar-refractivity contribution in [3.63, 3.8) is 0 Å². The van der Waals surface area contributed by atoms with E-state index in [0.717, 1.165) is 19.3 Å². The van der Waals surface area contributed by atoms with Crippen molar-refractivity contribution in [3.05, 3.63) is 12.2 Å². The highest BCUT2D eigenvalue weighted by Crippen LogP contribution is 1.91. The lowest BCUT2D eigenvalue weighted by molar-refractivity contribution is 1.07. The number of allylic oxidation sites excluding steroid dienone is 2. The molecule has 50 valence electrons. The van der Waals surface area contributed by atoms with Gasteiger partial charge in [0, 0.05) is 12.3 Å². The van der Waals surface area contributed by atoms with Crippen LogP contribution in [0, 0.1) is 12.3 Å². The molecule has 1 heteroatoms. The molecular weight excluding hydrogens is 132 g/mol. The van der Waals surface area contributed by atoms with E-state index in [1.807, 2.05) is 0 Å². The predicted octanol–water partition coefficient (Wildman–Crippen LogP) is 2.58. The zero-order valence-corrected chi connectivity index (χ0v) is 6.19. The Morgan fingerprint density at radius 2 is 2.00 bits per heavy atom. The molecule has 0 aliphatic heterocycles. The fraction of sp³-hybridized carbons (Fsp3) is 0.500. The van der Waals surface area contributed by atoms with Crippen molar-refractivity contribution in [2.45, 2.75) is 19.3 Å². The summed E-state index contributed by atoms with van der Waals surface area (Å²) in [5.41, 5.74) is 0. The Labute approximate surface area is 61.9 Å². The lowest BCUT2D eigenvalue weighted by Crippen LogP contribution is -1.67. The number of hydrogen-bond acceptors (Lipinski definition) is 0. The minimum absolute atomic E-state index is 0.701. The molecule has 0 bridgehead atoms. The lowest BCUT2D eigenvalue weighted by Gasteiger charge is -1.82. The maximum absolute atomic E-state index is 5.42. The van der Waals surface area contributed by atoms with Crippen molar-refractivity contribution in [1.82, 2.24) is 0 Å². The van der Waals surface area contributed by atoms with Gasteiger partial charge >= 0.3 is 0 Å². The van der Waals surface area contributed by atoms with Crippen LogP contribution in [0.2, 0.25) is 0 Å². The first kappa shape index (κ1) is 8.59. The van der Waals surface area contributed by atoms with Crippen LogP contribution in [-0.2, 0) is 0 Å². The number of hydrogen-bond donors (Lipinski definition) is 0. The molecule has 0 aromatic carbocycles. The summed E-state index contributed by atoms with van der Waals surface area (Å²) in [7, 11) is 0. The van der Waals surface area contributed by atoms with Crippen LogP contribution in [0.5, 0.6) is 0 Å². The highest BCUT2D eigenvalue weighted by atomic mass is 35.5. The molecule has 0 amide bonds. The first-order valence-corrected chi connectivity index (χ1v) is 3.59. The fourth-order valence-electron chi connectivity index (χ4n) is 0.465. The Kier molecular flexibility index (Phi) is 7.24. The van der Waals surface area contributed by atoms with Gasteiger partial charge in [0.2, 0.25) is 0 Å². The van der Waals surface area contributed by atoms with E-state index in [9.17, 15) is 0 Å². The summed E-state index contributed by atoms with van der Waals surface area (Å²) in [5.74, 6) is 3.26. The summed E-state index contributed by atoms with van der Waals surface area (Å²) >= 11 is 5.42. The molecule has 0 aliphatic rings. The Hall–Kier alpha value is -0.410. The van der Waals surface area contributed by atoms with Crippen LogP contribution >= 0.6 is 11.6 Å². The van der Waals surface area contributed by atoms with Gasteiger partial charge < -0.3 is 0 Å². The van der Waals surface area contributed by atoms with Crippen LogP contribution in [0.25, 0.3) is 0 Å². The van der Waals surface area contributed by atoms with Gasteiger partial charge in [-0.25, -0.2) is 0 Å². The lowest BCUT2D eigenvalue weighted by atomic mass is 10.3. The molecular formula is C8H11Cl. The molecule has 0 unspecified atom stereocenters. The second-order valence-electron chi connectivity index (χ2n) is 1.69. The van der Waals surface area contributed by atoms with Crippen LogP contribution in [0.3, 0.4) is 0 Å². The molecule has 0 aromatic rings. The van der Waals surface area contributed by atoms with Crippen molar-refractivity contribution in [1.29, 1.82) is 0 Å². The molecule has 0 radical (unpaired) electrons. The third-order valence-corrected chi connectivity index (χ3v) is 1.12. The monoisotopic (exact) mass is 142 g/mol. The number of alkyl halides is 1. The van der Waals surface area contributed by atoms with E-state index in [2.05, 4.69) is 18.1 Å². The van der Waals surface area contributed by atoms with E-state index in [1.54, 1.807) is 0 Å². The summed E-state index contributed by atoms with van der Waals surface area (Å²) in [6.07, 6.45) is 11.9. The smallest absolute Gasteiger partial charge is 0.0257 e. The summed E-state index contributed by atoms with van der Waals surface area (Å²) < 4.78 is 0. The summed E-state index contributed by atoms with van der Waals surface area (Å²) in [4.78, 5) is 0. The Morgan fingerprint density at radius 1 is 1.33 bits per heavy atom. The van der Waals surface area contributed by atoms with Gasteiger partial charge in [0.15, 0.2) is 0 Å². The van der Waals surface area contributed by atoms with Crippen LogP contribution in [0.4, 0.5) is 0 Å². The molecule has 0 aromatic heterocycles. The van der Waals surface area contributed by atoms with Gasteiger partial charge in [0.05, 0.1) is 0 Å². The summed E-state index contributed by atoms with van der Waals surface area (Å²) in [5, 5.41) is 0. The summed E-state index contributed by atoms with van der Waals surface area (Å²) in [6.45, 7) is 0. The van der Waals surface area contributed by atoms with Crippen molar-refractivity contribution in [2.24, 2.45) is 0 Å². The molecule has 0 saturated heterocycles. The Bertz CT molecular complexity index is 108. The largest absolute Gasteiger partial charge is 0.126 e. The highest BCUT2D eigenvalue weighted by molar-refractivity contribution is 6.17. The maximum Gasteiger partial charge on any atom is 0.0257 e. The normalized spacial score (nSPS) is 9.78. The van der Waals surface area contributed by atoms with Gasteiger partial charge in [-0.2, -0.15) is 0 Å². The van der Waals surface area contributed by atoms with Crippen LogP contribution in [0.1, 0.15) is 19.3 Å². The van der Waals surface area contributed by atoms with E-state index < -0.39 is 0 Å². The van der Waals surface area contributed by atoms with Gasteiger partial charge in [-0.1, -0.05) is 12.2 Å². The molecule has 0 nitrogen and oxygen atoms in total. The zero-order valence-electron chi connectivity index (χ0n) is 5.44. The maximum atomic E-state index is 5.42. The molecule has 0 rings (SSSR count). The van der Waals surface area contributed by atoms with Gasteiger partial charge in [0.1, 0.15) is 0 Å². The predicted molar refractivity (Wildman–Crippen MR) is 42.5 cm³/mol. The van der Waals surface area contributed by atoms with Crippen LogP contribution < -0.4 is 0 Å². The second-order valence-corrected chi connectivity index (χ2v) is 2.07. The van der Waals surface area contributed by atoms with Gasteiger partial charge in [-0.3, -0.25) is 0 Å². The highest BCUT2D eigenvalue weighted by Gasteiger charge is 1.74. The quantitative estimate of drug-likeness (QED) is 0.245. The van der Waals surface area contributed by atoms with Gasteiger partial charge in [0.25, 0.3) is 0 Å².